The van der Waals surface area contributed by atoms with Crippen molar-refractivity contribution in [2.45, 2.75) is 49.2 Å². The molecule has 4 aromatic rings. The zero-order valence-electron chi connectivity index (χ0n) is 18.8. The molecule has 172 valence electrons. The van der Waals surface area contributed by atoms with Crippen LogP contribution in [0.3, 0.4) is 0 Å². The number of rotatable bonds is 6. The summed E-state index contributed by atoms with van der Waals surface area (Å²) in [6.45, 7) is 7.11. The van der Waals surface area contributed by atoms with Gasteiger partial charge in [-0.25, -0.2) is 30.8 Å². The Morgan fingerprint density at radius 2 is 1.52 bits per heavy atom. The van der Waals surface area contributed by atoms with Crippen LogP contribution in [0.5, 0.6) is 0 Å². The van der Waals surface area contributed by atoms with E-state index < -0.39 is 25.1 Å². The molecular formula is C24H25N3O4S2. The van der Waals surface area contributed by atoms with E-state index in [4.69, 9.17) is 0 Å². The summed E-state index contributed by atoms with van der Waals surface area (Å²) in [5, 5.41) is -0.512. The van der Waals surface area contributed by atoms with Gasteiger partial charge >= 0.3 is 0 Å². The summed E-state index contributed by atoms with van der Waals surface area (Å²) in [5.41, 5.74) is 3.73. The smallest absolute Gasteiger partial charge is 0.242 e. The van der Waals surface area contributed by atoms with Crippen LogP contribution in [-0.4, -0.2) is 36.0 Å². The first kappa shape index (κ1) is 23.1. The highest BCUT2D eigenvalue weighted by Crippen LogP contribution is 2.27. The zero-order chi connectivity index (χ0) is 24.0. The monoisotopic (exact) mass is 483 g/mol. The second-order valence-electron chi connectivity index (χ2n) is 8.17. The first-order valence-corrected chi connectivity index (χ1v) is 13.6. The highest BCUT2D eigenvalue weighted by molar-refractivity contribution is 7.92. The minimum atomic E-state index is -3.83. The van der Waals surface area contributed by atoms with Gasteiger partial charge in [-0.2, -0.15) is 0 Å². The normalized spacial score (nSPS) is 12.5. The SMILES string of the molecule is CCc1cn(S(=O)(=O)c2ccc(C)cc2)c2ncc(-c3ccc(S(=O)(=O)C(C)C)cc3)nc12. The number of benzene rings is 2. The molecule has 0 amide bonds. The summed E-state index contributed by atoms with van der Waals surface area (Å²) in [5.74, 6) is 0. The largest absolute Gasteiger partial charge is 0.269 e. The molecule has 0 saturated carbocycles. The molecule has 7 nitrogen and oxygen atoms in total. The number of hydrogen-bond acceptors (Lipinski definition) is 6. The van der Waals surface area contributed by atoms with Crippen molar-refractivity contribution in [3.8, 4) is 11.3 Å². The van der Waals surface area contributed by atoms with Crippen LogP contribution in [0.15, 0.2) is 70.7 Å². The predicted molar refractivity (Wildman–Crippen MR) is 128 cm³/mol. The van der Waals surface area contributed by atoms with Crippen molar-refractivity contribution in [2.75, 3.05) is 0 Å². The van der Waals surface area contributed by atoms with Crippen molar-refractivity contribution in [2.24, 2.45) is 0 Å². The number of aromatic nitrogens is 3. The Morgan fingerprint density at radius 1 is 0.909 bits per heavy atom. The summed E-state index contributed by atoms with van der Waals surface area (Å²) in [6.07, 6.45) is 3.66. The molecule has 0 spiro atoms. The summed E-state index contributed by atoms with van der Waals surface area (Å²) in [6, 6.07) is 13.2. The predicted octanol–water partition coefficient (Wildman–Crippen LogP) is 4.39. The van der Waals surface area contributed by atoms with Crippen LogP contribution in [0.2, 0.25) is 0 Å². The number of hydrogen-bond donors (Lipinski definition) is 0. The molecule has 0 aliphatic rings. The highest BCUT2D eigenvalue weighted by Gasteiger charge is 2.23. The Morgan fingerprint density at radius 3 is 2.09 bits per heavy atom. The van der Waals surface area contributed by atoms with E-state index in [1.807, 2.05) is 13.8 Å². The quantitative estimate of drug-likeness (QED) is 0.403. The molecule has 0 N–H and O–H groups in total. The fourth-order valence-electron chi connectivity index (χ4n) is 3.52. The fourth-order valence-corrected chi connectivity index (χ4v) is 5.91. The van der Waals surface area contributed by atoms with Crippen molar-refractivity contribution >= 4 is 31.0 Å². The number of aryl methyl sites for hydroxylation is 2. The lowest BCUT2D eigenvalue weighted by molar-refractivity contribution is 0.586. The topological polar surface area (TPSA) is 99.0 Å². The Labute approximate surface area is 194 Å². The van der Waals surface area contributed by atoms with E-state index in [1.165, 1.54) is 10.2 Å². The van der Waals surface area contributed by atoms with Gasteiger partial charge in [0, 0.05) is 11.8 Å². The van der Waals surface area contributed by atoms with E-state index in [2.05, 4.69) is 9.97 Å². The molecule has 9 heteroatoms. The van der Waals surface area contributed by atoms with E-state index >= 15 is 0 Å². The van der Waals surface area contributed by atoms with Crippen molar-refractivity contribution < 1.29 is 16.8 Å². The molecule has 0 saturated heterocycles. The Kier molecular flexibility index (Phi) is 5.88. The minimum Gasteiger partial charge on any atom is -0.242 e. The maximum Gasteiger partial charge on any atom is 0.269 e. The van der Waals surface area contributed by atoms with E-state index in [9.17, 15) is 16.8 Å². The second kappa shape index (κ2) is 8.39. The van der Waals surface area contributed by atoms with Crippen LogP contribution < -0.4 is 0 Å². The van der Waals surface area contributed by atoms with Crippen LogP contribution >= 0.6 is 0 Å². The molecule has 0 aliphatic carbocycles. The van der Waals surface area contributed by atoms with Gasteiger partial charge in [-0.15, -0.1) is 0 Å². The molecule has 0 atom stereocenters. The molecule has 2 aromatic heterocycles. The van der Waals surface area contributed by atoms with Gasteiger partial charge in [0.1, 0.15) is 5.52 Å². The molecule has 0 fully saturated rings. The number of nitrogens with zero attached hydrogens (tertiary/aromatic N) is 3. The van der Waals surface area contributed by atoms with Crippen LogP contribution in [0, 0.1) is 6.92 Å². The summed E-state index contributed by atoms with van der Waals surface area (Å²) >= 11 is 0. The lowest BCUT2D eigenvalue weighted by Gasteiger charge is -2.09. The van der Waals surface area contributed by atoms with Crippen molar-refractivity contribution in [1.82, 2.24) is 13.9 Å². The zero-order valence-corrected chi connectivity index (χ0v) is 20.5. The standard InChI is InChI=1S/C24H25N3O4S2/c1-5-18-15-27(33(30,31)21-10-6-17(4)7-11-21)24-23(18)26-22(14-25-24)19-8-12-20(13-9-19)32(28,29)16(2)3/h6-16H,5H2,1-4H3. The maximum absolute atomic E-state index is 13.3. The van der Waals surface area contributed by atoms with E-state index in [1.54, 1.807) is 68.6 Å². The van der Waals surface area contributed by atoms with Gasteiger partial charge in [0.15, 0.2) is 15.5 Å². The van der Waals surface area contributed by atoms with Crippen LogP contribution in [0.1, 0.15) is 31.9 Å². The van der Waals surface area contributed by atoms with E-state index in [0.29, 0.717) is 23.2 Å². The molecule has 0 bridgehead atoms. The van der Waals surface area contributed by atoms with Gasteiger partial charge in [-0.1, -0.05) is 36.8 Å². The van der Waals surface area contributed by atoms with E-state index in [0.717, 1.165) is 11.1 Å². The van der Waals surface area contributed by atoms with E-state index in [-0.39, 0.29) is 15.4 Å². The summed E-state index contributed by atoms with van der Waals surface area (Å²) in [4.78, 5) is 9.56. The third-order valence-corrected chi connectivity index (χ3v) is 9.43. The van der Waals surface area contributed by atoms with Gasteiger partial charge in [-0.05, 0) is 57.0 Å². The van der Waals surface area contributed by atoms with Crippen LogP contribution in [-0.2, 0) is 26.3 Å². The average Bonchev–Trinajstić information content (AvgIpc) is 3.18. The fraction of sp³-hybridized carbons (Fsp3) is 0.250. The second-order valence-corrected chi connectivity index (χ2v) is 12.5. The molecule has 33 heavy (non-hydrogen) atoms. The third-order valence-electron chi connectivity index (χ3n) is 5.60. The number of sulfone groups is 1. The summed E-state index contributed by atoms with van der Waals surface area (Å²) < 4.78 is 52.5. The van der Waals surface area contributed by atoms with Gasteiger partial charge in [0.05, 0.1) is 26.9 Å². The first-order chi connectivity index (χ1) is 15.6. The molecule has 4 rings (SSSR count). The average molecular weight is 484 g/mol. The molecule has 0 aliphatic heterocycles. The highest BCUT2D eigenvalue weighted by atomic mass is 32.2. The van der Waals surface area contributed by atoms with Crippen LogP contribution in [0.25, 0.3) is 22.4 Å². The van der Waals surface area contributed by atoms with Gasteiger partial charge in [-0.3, -0.25) is 0 Å². The summed E-state index contributed by atoms with van der Waals surface area (Å²) in [7, 11) is -7.20. The molecule has 0 unspecified atom stereocenters. The number of fused-ring (bicyclic) bond motifs is 1. The van der Waals surface area contributed by atoms with Crippen molar-refractivity contribution in [3.05, 3.63) is 72.1 Å². The Hall–Kier alpha value is -3.04. The Balaban J connectivity index is 1.80. The first-order valence-electron chi connectivity index (χ1n) is 10.6. The van der Waals surface area contributed by atoms with Crippen LogP contribution in [0.4, 0.5) is 0 Å². The minimum absolute atomic E-state index is 0.181. The maximum atomic E-state index is 13.3. The molecule has 2 aromatic carbocycles. The molecule has 0 radical (unpaired) electrons. The molecular weight excluding hydrogens is 458 g/mol. The lowest BCUT2D eigenvalue weighted by Crippen LogP contribution is -2.13. The van der Waals surface area contributed by atoms with Gasteiger partial charge in [0.2, 0.25) is 0 Å². The molecule has 2 heterocycles. The third kappa shape index (κ3) is 4.06. The van der Waals surface area contributed by atoms with Gasteiger partial charge in [0.25, 0.3) is 10.0 Å². The van der Waals surface area contributed by atoms with Gasteiger partial charge < -0.3 is 0 Å². The Bertz CT molecular complexity index is 1540. The van der Waals surface area contributed by atoms with Crippen molar-refractivity contribution in [3.63, 3.8) is 0 Å². The van der Waals surface area contributed by atoms with Crippen molar-refractivity contribution in [1.29, 1.82) is 0 Å². The lowest BCUT2D eigenvalue weighted by atomic mass is 10.1.